The monoisotopic (exact) mass is 341 g/mol. The molecule has 1 N–H and O–H groups in total. The van der Waals surface area contributed by atoms with Gasteiger partial charge in [-0.2, -0.15) is 0 Å². The number of nitrogens with one attached hydrogen (secondary N) is 1. The maximum atomic E-state index is 12.5. The van der Waals surface area contributed by atoms with Crippen LogP contribution in [-0.4, -0.2) is 15.5 Å². The molecular formula is C18H16ClN3O2. The van der Waals surface area contributed by atoms with Crippen LogP contribution in [0, 0.1) is 13.8 Å². The molecule has 0 saturated heterocycles. The van der Waals surface area contributed by atoms with Gasteiger partial charge in [0, 0.05) is 10.7 Å². The van der Waals surface area contributed by atoms with Gasteiger partial charge in [0.05, 0.1) is 17.2 Å². The Morgan fingerprint density at radius 1 is 1.17 bits per heavy atom. The first-order valence-corrected chi connectivity index (χ1v) is 7.83. The second-order valence-electron chi connectivity index (χ2n) is 5.76. The predicted octanol–water partition coefficient (Wildman–Crippen LogP) is 3.31. The van der Waals surface area contributed by atoms with E-state index >= 15 is 0 Å². The van der Waals surface area contributed by atoms with E-state index in [1.807, 2.05) is 32.0 Å². The maximum absolute atomic E-state index is 12.5. The lowest BCUT2D eigenvalue weighted by Crippen LogP contribution is -2.28. The molecule has 122 valence electrons. The normalized spacial score (nSPS) is 10.8. The molecule has 1 amide bonds. The standard InChI is InChI=1S/C18H16ClN3O2/c1-11-5-12(2)7-14(6-11)21-17(23)9-22-10-20-16-4-3-13(19)8-15(16)18(22)24/h3-8,10H,9H2,1-2H3,(H,21,23). The third-order valence-corrected chi connectivity index (χ3v) is 3.84. The summed E-state index contributed by atoms with van der Waals surface area (Å²) in [6, 6.07) is 10.7. The Kier molecular flexibility index (Phi) is 4.36. The van der Waals surface area contributed by atoms with E-state index in [1.165, 1.54) is 10.9 Å². The summed E-state index contributed by atoms with van der Waals surface area (Å²) < 4.78 is 1.27. The minimum Gasteiger partial charge on any atom is -0.325 e. The molecule has 1 aromatic heterocycles. The zero-order valence-electron chi connectivity index (χ0n) is 13.3. The predicted molar refractivity (Wildman–Crippen MR) is 95.6 cm³/mol. The van der Waals surface area contributed by atoms with Gasteiger partial charge in [0.25, 0.3) is 5.56 Å². The molecular weight excluding hydrogens is 326 g/mol. The van der Waals surface area contributed by atoms with Crippen molar-refractivity contribution in [1.29, 1.82) is 0 Å². The van der Waals surface area contributed by atoms with Crippen LogP contribution in [0.3, 0.4) is 0 Å². The molecule has 0 fully saturated rings. The van der Waals surface area contributed by atoms with Crippen LogP contribution in [0.5, 0.6) is 0 Å². The Bertz CT molecular complexity index is 975. The van der Waals surface area contributed by atoms with Gasteiger partial charge in [-0.1, -0.05) is 17.7 Å². The van der Waals surface area contributed by atoms with Gasteiger partial charge in [-0.05, 0) is 55.3 Å². The van der Waals surface area contributed by atoms with E-state index in [1.54, 1.807) is 18.2 Å². The van der Waals surface area contributed by atoms with Gasteiger partial charge < -0.3 is 5.32 Å². The van der Waals surface area contributed by atoms with Gasteiger partial charge in [0.2, 0.25) is 5.91 Å². The number of carbonyl (C=O) groups excluding carboxylic acids is 1. The fourth-order valence-corrected chi connectivity index (χ4v) is 2.82. The highest BCUT2D eigenvalue weighted by molar-refractivity contribution is 6.31. The van der Waals surface area contributed by atoms with Crippen molar-refractivity contribution >= 4 is 34.1 Å². The van der Waals surface area contributed by atoms with Crippen molar-refractivity contribution in [2.75, 3.05) is 5.32 Å². The summed E-state index contributed by atoms with van der Waals surface area (Å²) >= 11 is 5.93. The minimum atomic E-state index is -0.293. The third kappa shape index (κ3) is 3.46. The highest BCUT2D eigenvalue weighted by Crippen LogP contribution is 2.15. The number of hydrogen-bond donors (Lipinski definition) is 1. The van der Waals surface area contributed by atoms with Crippen LogP contribution in [0.25, 0.3) is 10.9 Å². The smallest absolute Gasteiger partial charge is 0.261 e. The summed E-state index contributed by atoms with van der Waals surface area (Å²) in [7, 11) is 0. The molecule has 0 aliphatic heterocycles. The topological polar surface area (TPSA) is 64.0 Å². The summed E-state index contributed by atoms with van der Waals surface area (Å²) in [5.74, 6) is -0.287. The van der Waals surface area contributed by atoms with Crippen molar-refractivity contribution in [3.63, 3.8) is 0 Å². The van der Waals surface area contributed by atoms with E-state index in [2.05, 4.69) is 10.3 Å². The molecule has 1 heterocycles. The molecule has 2 aromatic carbocycles. The largest absolute Gasteiger partial charge is 0.325 e. The van der Waals surface area contributed by atoms with E-state index in [-0.39, 0.29) is 18.0 Å². The van der Waals surface area contributed by atoms with Crippen molar-refractivity contribution in [2.24, 2.45) is 0 Å². The second kappa shape index (κ2) is 6.45. The van der Waals surface area contributed by atoms with Crippen molar-refractivity contribution in [1.82, 2.24) is 9.55 Å². The van der Waals surface area contributed by atoms with Gasteiger partial charge in [-0.25, -0.2) is 4.98 Å². The lowest BCUT2D eigenvalue weighted by atomic mass is 10.1. The van der Waals surface area contributed by atoms with Crippen LogP contribution >= 0.6 is 11.6 Å². The molecule has 6 heteroatoms. The maximum Gasteiger partial charge on any atom is 0.261 e. The van der Waals surface area contributed by atoms with Crippen molar-refractivity contribution in [2.45, 2.75) is 20.4 Å². The molecule has 3 aromatic rings. The number of rotatable bonds is 3. The number of fused-ring (bicyclic) bond motifs is 1. The van der Waals surface area contributed by atoms with Crippen LogP contribution in [0.2, 0.25) is 5.02 Å². The molecule has 0 aliphatic rings. The lowest BCUT2D eigenvalue weighted by molar-refractivity contribution is -0.116. The molecule has 0 unspecified atom stereocenters. The molecule has 0 radical (unpaired) electrons. The van der Waals surface area contributed by atoms with Crippen LogP contribution in [0.15, 0.2) is 47.5 Å². The first-order valence-electron chi connectivity index (χ1n) is 7.45. The van der Waals surface area contributed by atoms with E-state index in [9.17, 15) is 9.59 Å². The molecule has 0 atom stereocenters. The van der Waals surface area contributed by atoms with Gasteiger partial charge >= 0.3 is 0 Å². The zero-order valence-corrected chi connectivity index (χ0v) is 14.1. The Morgan fingerprint density at radius 3 is 2.58 bits per heavy atom. The number of nitrogens with zero attached hydrogens (tertiary/aromatic N) is 2. The van der Waals surface area contributed by atoms with E-state index < -0.39 is 0 Å². The average Bonchev–Trinajstić information content (AvgIpc) is 2.49. The Morgan fingerprint density at radius 2 is 1.88 bits per heavy atom. The Hall–Kier alpha value is -2.66. The van der Waals surface area contributed by atoms with Crippen LogP contribution in [0.1, 0.15) is 11.1 Å². The van der Waals surface area contributed by atoms with Gasteiger partial charge in [0.1, 0.15) is 6.54 Å². The van der Waals surface area contributed by atoms with Crippen molar-refractivity contribution in [3.05, 3.63) is 69.2 Å². The molecule has 0 spiro atoms. The molecule has 5 nitrogen and oxygen atoms in total. The summed E-state index contributed by atoms with van der Waals surface area (Å²) in [6.07, 6.45) is 1.37. The highest BCUT2D eigenvalue weighted by atomic mass is 35.5. The van der Waals surface area contributed by atoms with Crippen LogP contribution in [0.4, 0.5) is 5.69 Å². The van der Waals surface area contributed by atoms with Crippen molar-refractivity contribution < 1.29 is 4.79 Å². The van der Waals surface area contributed by atoms with Gasteiger partial charge in [-0.15, -0.1) is 0 Å². The third-order valence-electron chi connectivity index (χ3n) is 3.61. The van der Waals surface area contributed by atoms with Crippen LogP contribution in [-0.2, 0) is 11.3 Å². The Labute approximate surface area is 143 Å². The van der Waals surface area contributed by atoms with Crippen molar-refractivity contribution in [3.8, 4) is 0 Å². The fourth-order valence-electron chi connectivity index (χ4n) is 2.65. The molecule has 3 rings (SSSR count). The zero-order chi connectivity index (χ0) is 17.3. The highest BCUT2D eigenvalue weighted by Gasteiger charge is 2.09. The number of hydrogen-bond acceptors (Lipinski definition) is 3. The molecule has 0 saturated carbocycles. The number of halogens is 1. The quantitative estimate of drug-likeness (QED) is 0.795. The second-order valence-corrected chi connectivity index (χ2v) is 6.20. The number of carbonyl (C=O) groups is 1. The number of benzene rings is 2. The van der Waals surface area contributed by atoms with Crippen LogP contribution < -0.4 is 10.9 Å². The lowest BCUT2D eigenvalue weighted by Gasteiger charge is -2.09. The van der Waals surface area contributed by atoms with Gasteiger partial charge in [0.15, 0.2) is 0 Å². The average molecular weight is 342 g/mol. The summed E-state index contributed by atoms with van der Waals surface area (Å²) in [4.78, 5) is 28.9. The summed E-state index contributed by atoms with van der Waals surface area (Å²) in [5.41, 5.74) is 3.09. The molecule has 0 aliphatic carbocycles. The summed E-state index contributed by atoms with van der Waals surface area (Å²) in [6.45, 7) is 3.82. The first-order chi connectivity index (χ1) is 11.4. The number of amides is 1. The van der Waals surface area contributed by atoms with E-state index in [0.717, 1.165) is 11.1 Å². The number of aromatic nitrogens is 2. The molecule has 24 heavy (non-hydrogen) atoms. The van der Waals surface area contributed by atoms with E-state index in [4.69, 9.17) is 11.6 Å². The fraction of sp³-hybridized carbons (Fsp3) is 0.167. The summed E-state index contributed by atoms with van der Waals surface area (Å²) in [5, 5.41) is 3.66. The number of aryl methyl sites for hydroxylation is 2. The first kappa shape index (κ1) is 16.2. The Balaban J connectivity index is 1.85. The number of anilines is 1. The van der Waals surface area contributed by atoms with E-state index in [0.29, 0.717) is 21.6 Å². The van der Waals surface area contributed by atoms with Gasteiger partial charge in [-0.3, -0.25) is 14.2 Å². The molecule has 0 bridgehead atoms. The minimum absolute atomic E-state index is 0.110. The SMILES string of the molecule is Cc1cc(C)cc(NC(=O)Cn2cnc3ccc(Cl)cc3c2=O)c1.